The van der Waals surface area contributed by atoms with E-state index in [0.29, 0.717) is 19.1 Å². The van der Waals surface area contributed by atoms with Crippen molar-refractivity contribution < 1.29 is 4.79 Å². The van der Waals surface area contributed by atoms with Gasteiger partial charge in [0.1, 0.15) is 0 Å². The molecule has 0 radical (unpaired) electrons. The lowest BCUT2D eigenvalue weighted by Gasteiger charge is -2.09. The minimum absolute atomic E-state index is 0.0479. The van der Waals surface area contributed by atoms with Gasteiger partial charge in [0.05, 0.1) is 13.1 Å². The molecule has 0 aromatic heterocycles. The van der Waals surface area contributed by atoms with Crippen molar-refractivity contribution in [3.63, 3.8) is 0 Å². The summed E-state index contributed by atoms with van der Waals surface area (Å²) in [6.45, 7) is 4.75. The van der Waals surface area contributed by atoms with Gasteiger partial charge >= 0.3 is 0 Å². The first-order chi connectivity index (χ1) is 5.70. The lowest BCUT2D eigenvalue weighted by atomic mass is 10.2. The van der Waals surface area contributed by atoms with E-state index in [9.17, 15) is 4.79 Å². The van der Waals surface area contributed by atoms with Gasteiger partial charge in [-0.05, 0) is 13.3 Å². The normalized spacial score (nSPS) is 11.8. The Balaban J connectivity index is 3.38. The van der Waals surface area contributed by atoms with E-state index in [1.54, 1.807) is 0 Å². The van der Waals surface area contributed by atoms with Gasteiger partial charge in [0.15, 0.2) is 0 Å². The SMILES string of the molecule is C#CCNC(=O)CNC(C)CC. The van der Waals surface area contributed by atoms with Crippen molar-refractivity contribution in [3.05, 3.63) is 0 Å². The van der Waals surface area contributed by atoms with Crippen molar-refractivity contribution in [2.24, 2.45) is 0 Å². The van der Waals surface area contributed by atoms with E-state index in [4.69, 9.17) is 6.42 Å². The van der Waals surface area contributed by atoms with Crippen LogP contribution in [0.3, 0.4) is 0 Å². The molecule has 1 atom stereocenters. The summed E-state index contributed by atoms with van der Waals surface area (Å²) in [5.41, 5.74) is 0. The van der Waals surface area contributed by atoms with Gasteiger partial charge in [0.2, 0.25) is 5.91 Å². The lowest BCUT2D eigenvalue weighted by Crippen LogP contribution is -2.37. The van der Waals surface area contributed by atoms with Crippen LogP contribution in [-0.4, -0.2) is 25.0 Å². The van der Waals surface area contributed by atoms with Crippen molar-refractivity contribution in [1.29, 1.82) is 0 Å². The highest BCUT2D eigenvalue weighted by Gasteiger charge is 2.01. The molecule has 0 saturated heterocycles. The molecule has 68 valence electrons. The standard InChI is InChI=1S/C9H16N2O/c1-4-6-10-9(12)7-11-8(3)5-2/h1,8,11H,5-7H2,2-3H3,(H,10,12). The molecule has 0 aromatic rings. The van der Waals surface area contributed by atoms with Gasteiger partial charge in [-0.1, -0.05) is 12.8 Å². The molecule has 0 fully saturated rings. The fourth-order valence-corrected chi connectivity index (χ4v) is 0.623. The third kappa shape index (κ3) is 5.75. The van der Waals surface area contributed by atoms with E-state index < -0.39 is 0 Å². The van der Waals surface area contributed by atoms with Crippen LogP contribution in [0.5, 0.6) is 0 Å². The van der Waals surface area contributed by atoms with Gasteiger partial charge in [0, 0.05) is 6.04 Å². The number of amides is 1. The average molecular weight is 168 g/mol. The minimum atomic E-state index is -0.0479. The number of hydrogen-bond donors (Lipinski definition) is 2. The number of carbonyl (C=O) groups is 1. The van der Waals surface area contributed by atoms with E-state index >= 15 is 0 Å². The number of carbonyl (C=O) groups excluding carboxylic acids is 1. The highest BCUT2D eigenvalue weighted by atomic mass is 16.1. The van der Waals surface area contributed by atoms with E-state index in [1.807, 2.05) is 6.92 Å². The molecule has 0 spiro atoms. The maximum atomic E-state index is 11.0. The summed E-state index contributed by atoms with van der Waals surface area (Å²) in [7, 11) is 0. The number of nitrogens with one attached hydrogen (secondary N) is 2. The van der Waals surface area contributed by atoms with Gasteiger partial charge < -0.3 is 10.6 Å². The molecule has 0 bridgehead atoms. The molecule has 12 heavy (non-hydrogen) atoms. The predicted molar refractivity (Wildman–Crippen MR) is 49.6 cm³/mol. The highest BCUT2D eigenvalue weighted by molar-refractivity contribution is 5.78. The molecular weight excluding hydrogens is 152 g/mol. The molecule has 0 aliphatic rings. The maximum absolute atomic E-state index is 11.0. The zero-order valence-corrected chi connectivity index (χ0v) is 7.68. The summed E-state index contributed by atoms with van der Waals surface area (Å²) >= 11 is 0. The Morgan fingerprint density at radius 3 is 2.83 bits per heavy atom. The topological polar surface area (TPSA) is 41.1 Å². The third-order valence-corrected chi connectivity index (χ3v) is 1.61. The van der Waals surface area contributed by atoms with Gasteiger partial charge in [-0.2, -0.15) is 0 Å². The van der Waals surface area contributed by atoms with Crippen LogP contribution in [0.2, 0.25) is 0 Å². The van der Waals surface area contributed by atoms with Crippen LogP contribution in [0.15, 0.2) is 0 Å². The second-order valence-corrected chi connectivity index (χ2v) is 2.67. The Bertz CT molecular complexity index is 172. The third-order valence-electron chi connectivity index (χ3n) is 1.61. The summed E-state index contributed by atoms with van der Waals surface area (Å²) in [5, 5.41) is 5.63. The number of terminal acetylenes is 1. The molecule has 3 nitrogen and oxygen atoms in total. The van der Waals surface area contributed by atoms with E-state index in [1.165, 1.54) is 0 Å². The van der Waals surface area contributed by atoms with Crippen LogP contribution in [0.4, 0.5) is 0 Å². The summed E-state index contributed by atoms with van der Waals surface area (Å²) < 4.78 is 0. The second-order valence-electron chi connectivity index (χ2n) is 2.67. The van der Waals surface area contributed by atoms with Crippen LogP contribution in [0, 0.1) is 12.3 Å². The van der Waals surface area contributed by atoms with Gasteiger partial charge in [-0.25, -0.2) is 0 Å². The Morgan fingerprint density at radius 2 is 2.33 bits per heavy atom. The van der Waals surface area contributed by atoms with Gasteiger partial charge in [-0.3, -0.25) is 4.79 Å². The quantitative estimate of drug-likeness (QED) is 0.573. The molecule has 2 N–H and O–H groups in total. The minimum Gasteiger partial charge on any atom is -0.344 e. The zero-order valence-electron chi connectivity index (χ0n) is 7.68. The van der Waals surface area contributed by atoms with Crippen molar-refractivity contribution in [1.82, 2.24) is 10.6 Å². The molecule has 1 unspecified atom stereocenters. The highest BCUT2D eigenvalue weighted by Crippen LogP contribution is 1.85. The molecule has 0 saturated carbocycles. The van der Waals surface area contributed by atoms with Crippen molar-refractivity contribution in [2.45, 2.75) is 26.3 Å². The fourth-order valence-electron chi connectivity index (χ4n) is 0.623. The van der Waals surface area contributed by atoms with Crippen LogP contribution in [0.25, 0.3) is 0 Å². The van der Waals surface area contributed by atoms with Gasteiger partial charge in [-0.15, -0.1) is 6.42 Å². The largest absolute Gasteiger partial charge is 0.344 e. The Hall–Kier alpha value is -1.01. The lowest BCUT2D eigenvalue weighted by molar-refractivity contribution is -0.120. The maximum Gasteiger partial charge on any atom is 0.234 e. The first-order valence-electron chi connectivity index (χ1n) is 4.14. The average Bonchev–Trinajstić information content (AvgIpc) is 2.10. The first kappa shape index (κ1) is 11.0. The molecule has 0 heterocycles. The monoisotopic (exact) mass is 168 g/mol. The molecule has 0 aromatic carbocycles. The van der Waals surface area contributed by atoms with Crippen LogP contribution in [0.1, 0.15) is 20.3 Å². The Labute approximate surface area is 73.9 Å². The van der Waals surface area contributed by atoms with Crippen LogP contribution in [-0.2, 0) is 4.79 Å². The number of hydrogen-bond acceptors (Lipinski definition) is 2. The Kier molecular flexibility index (Phi) is 6.12. The summed E-state index contributed by atoms with van der Waals surface area (Å²) in [5.74, 6) is 2.29. The summed E-state index contributed by atoms with van der Waals surface area (Å²) in [6.07, 6.45) is 5.99. The molecule has 0 aliphatic heterocycles. The Morgan fingerprint density at radius 1 is 1.67 bits per heavy atom. The smallest absolute Gasteiger partial charge is 0.234 e. The molecule has 1 amide bonds. The van der Waals surface area contributed by atoms with Crippen LogP contribution >= 0.6 is 0 Å². The van der Waals surface area contributed by atoms with E-state index in [2.05, 4.69) is 23.5 Å². The fraction of sp³-hybridized carbons (Fsp3) is 0.667. The first-order valence-corrected chi connectivity index (χ1v) is 4.14. The number of rotatable bonds is 5. The van der Waals surface area contributed by atoms with Crippen molar-refractivity contribution >= 4 is 5.91 Å². The molecule has 0 rings (SSSR count). The van der Waals surface area contributed by atoms with E-state index in [-0.39, 0.29) is 5.91 Å². The molecule has 3 heteroatoms. The molecular formula is C9H16N2O. The van der Waals surface area contributed by atoms with Crippen LogP contribution < -0.4 is 10.6 Å². The van der Waals surface area contributed by atoms with Gasteiger partial charge in [0.25, 0.3) is 0 Å². The second kappa shape index (κ2) is 6.68. The zero-order chi connectivity index (χ0) is 9.40. The molecule has 0 aliphatic carbocycles. The predicted octanol–water partition coefficient (Wildman–Crippen LogP) is 0.124. The summed E-state index contributed by atoms with van der Waals surface area (Å²) in [6, 6.07) is 0.376. The van der Waals surface area contributed by atoms with E-state index in [0.717, 1.165) is 6.42 Å². The summed E-state index contributed by atoms with van der Waals surface area (Å²) in [4.78, 5) is 11.0. The van der Waals surface area contributed by atoms with Crippen molar-refractivity contribution in [3.8, 4) is 12.3 Å². The van der Waals surface area contributed by atoms with Crippen molar-refractivity contribution in [2.75, 3.05) is 13.1 Å².